The van der Waals surface area contributed by atoms with Crippen molar-refractivity contribution in [3.8, 4) is 51.2 Å². The highest BCUT2D eigenvalue weighted by Gasteiger charge is 2.18. The van der Waals surface area contributed by atoms with E-state index in [1.165, 1.54) is 19.1 Å². The lowest BCUT2D eigenvalue weighted by atomic mass is 10.1. The number of rotatable bonds is 7. The molecule has 5 aromatic rings. The summed E-state index contributed by atoms with van der Waals surface area (Å²) in [5, 5.41) is 10.3. The molecule has 4 aromatic carbocycles. The number of ether oxygens (including phenoxy) is 2. The predicted octanol–water partition coefficient (Wildman–Crippen LogP) is 7.28. The summed E-state index contributed by atoms with van der Waals surface area (Å²) in [4.78, 5) is 10.8. The van der Waals surface area contributed by atoms with Crippen molar-refractivity contribution < 1.29 is 14.6 Å². The van der Waals surface area contributed by atoms with Crippen LogP contribution in [0.5, 0.6) is 17.2 Å². The summed E-state index contributed by atoms with van der Waals surface area (Å²) in [6.07, 6.45) is 0. The maximum Gasteiger partial charge on any atom is 0.200 e. The number of aromatic amines is 1. The van der Waals surface area contributed by atoms with Gasteiger partial charge in [0, 0.05) is 26.5 Å². The van der Waals surface area contributed by atoms with Gasteiger partial charge in [-0.15, -0.1) is 0 Å². The molecule has 0 fully saturated rings. The third-order valence-electron chi connectivity index (χ3n) is 5.63. The van der Waals surface area contributed by atoms with E-state index in [0.717, 1.165) is 33.0 Å². The molecule has 5 nitrogen and oxygen atoms in total. The minimum Gasteiger partial charge on any atom is -0.502 e. The van der Waals surface area contributed by atoms with Crippen LogP contribution in [-0.2, 0) is 0 Å². The molecule has 1 aromatic heterocycles. The lowest BCUT2D eigenvalue weighted by Crippen LogP contribution is -1.91. The minimum atomic E-state index is -0.0414. The Morgan fingerprint density at radius 2 is 1.26 bits per heavy atom. The van der Waals surface area contributed by atoms with E-state index in [-0.39, 0.29) is 5.75 Å². The standard InChI is InChI=1S/C29H24N2O3S/c1-33-24-17-21(18-25(34-2)28(24)32)29-30-26(19-9-5-3-6-10-19)27(31-29)20-13-15-23(16-14-20)35-22-11-7-4-8-12-22/h3-18,32H,1-2H3,(H,30,31). The SMILES string of the molecule is COc1cc(-c2nc(-c3ccccc3)c(-c3ccc(Sc4ccccc4)cc3)[nH]2)cc(OC)c1O. The Kier molecular flexibility index (Phi) is 6.46. The molecular weight excluding hydrogens is 456 g/mol. The highest BCUT2D eigenvalue weighted by molar-refractivity contribution is 7.99. The maximum atomic E-state index is 10.3. The van der Waals surface area contributed by atoms with Gasteiger partial charge in [-0.2, -0.15) is 0 Å². The molecule has 6 heteroatoms. The Hall–Kier alpha value is -4.16. The average molecular weight is 481 g/mol. The highest BCUT2D eigenvalue weighted by Crippen LogP contribution is 2.41. The number of aromatic nitrogens is 2. The molecule has 0 amide bonds. The lowest BCUT2D eigenvalue weighted by Gasteiger charge is -2.10. The molecule has 0 spiro atoms. The number of imidazole rings is 1. The van der Waals surface area contributed by atoms with Crippen molar-refractivity contribution >= 4 is 11.8 Å². The van der Waals surface area contributed by atoms with Crippen molar-refractivity contribution in [1.82, 2.24) is 9.97 Å². The molecule has 0 radical (unpaired) electrons. The number of nitrogens with one attached hydrogen (secondary N) is 1. The molecule has 0 saturated heterocycles. The van der Waals surface area contributed by atoms with E-state index in [4.69, 9.17) is 14.5 Å². The third-order valence-corrected chi connectivity index (χ3v) is 6.64. The Bertz CT molecular complexity index is 1410. The van der Waals surface area contributed by atoms with Gasteiger partial charge in [-0.1, -0.05) is 72.4 Å². The number of phenolic OH excluding ortho intramolecular Hbond substituents is 1. The molecule has 2 N–H and O–H groups in total. The van der Waals surface area contributed by atoms with Crippen molar-refractivity contribution in [2.24, 2.45) is 0 Å². The van der Waals surface area contributed by atoms with Crippen LogP contribution in [-0.4, -0.2) is 29.3 Å². The van der Waals surface area contributed by atoms with Crippen LogP contribution < -0.4 is 9.47 Å². The summed E-state index contributed by atoms with van der Waals surface area (Å²) in [6, 6.07) is 32.3. The summed E-state index contributed by atoms with van der Waals surface area (Å²) in [7, 11) is 3.02. The van der Waals surface area contributed by atoms with E-state index in [1.807, 2.05) is 48.5 Å². The zero-order valence-electron chi connectivity index (χ0n) is 19.4. The summed E-state index contributed by atoms with van der Waals surface area (Å²) in [5.74, 6) is 1.25. The van der Waals surface area contributed by atoms with Crippen LogP contribution in [0.1, 0.15) is 0 Å². The molecule has 0 aliphatic heterocycles. The quantitative estimate of drug-likeness (QED) is 0.256. The van der Waals surface area contributed by atoms with Crippen LogP contribution in [0.2, 0.25) is 0 Å². The van der Waals surface area contributed by atoms with Crippen molar-refractivity contribution in [2.75, 3.05) is 14.2 Å². The van der Waals surface area contributed by atoms with Crippen LogP contribution in [0.4, 0.5) is 0 Å². The number of nitrogens with zero attached hydrogens (tertiary/aromatic N) is 1. The number of aromatic hydroxyl groups is 1. The Morgan fingerprint density at radius 1 is 0.686 bits per heavy atom. The molecule has 0 unspecified atom stereocenters. The lowest BCUT2D eigenvalue weighted by molar-refractivity contribution is 0.340. The van der Waals surface area contributed by atoms with Gasteiger partial charge in [0.2, 0.25) is 5.75 Å². The van der Waals surface area contributed by atoms with Gasteiger partial charge in [0.1, 0.15) is 5.82 Å². The van der Waals surface area contributed by atoms with Gasteiger partial charge in [-0.3, -0.25) is 0 Å². The molecule has 5 rings (SSSR count). The number of hydrogen-bond acceptors (Lipinski definition) is 5. The van der Waals surface area contributed by atoms with Crippen molar-refractivity contribution in [3.05, 3.63) is 97.1 Å². The monoisotopic (exact) mass is 480 g/mol. The molecule has 1 heterocycles. The van der Waals surface area contributed by atoms with E-state index in [0.29, 0.717) is 17.3 Å². The first-order chi connectivity index (χ1) is 17.2. The smallest absolute Gasteiger partial charge is 0.200 e. The maximum absolute atomic E-state index is 10.3. The van der Waals surface area contributed by atoms with Crippen LogP contribution in [0, 0.1) is 0 Å². The fourth-order valence-electron chi connectivity index (χ4n) is 3.87. The zero-order valence-corrected chi connectivity index (χ0v) is 20.2. The summed E-state index contributed by atoms with van der Waals surface area (Å²) in [6.45, 7) is 0. The van der Waals surface area contributed by atoms with E-state index in [2.05, 4.69) is 41.4 Å². The average Bonchev–Trinajstić information content (AvgIpc) is 3.36. The molecule has 0 aliphatic rings. The number of methoxy groups -OCH3 is 2. The first kappa shape index (κ1) is 22.6. The second kappa shape index (κ2) is 9.99. The van der Waals surface area contributed by atoms with E-state index < -0.39 is 0 Å². The molecule has 0 saturated carbocycles. The van der Waals surface area contributed by atoms with E-state index in [1.54, 1.807) is 23.9 Å². The van der Waals surface area contributed by atoms with Crippen LogP contribution in [0.15, 0.2) is 107 Å². The van der Waals surface area contributed by atoms with Gasteiger partial charge in [-0.05, 0) is 36.4 Å². The fourth-order valence-corrected chi connectivity index (χ4v) is 4.71. The van der Waals surface area contributed by atoms with Gasteiger partial charge >= 0.3 is 0 Å². The van der Waals surface area contributed by atoms with Gasteiger partial charge in [0.25, 0.3) is 0 Å². The van der Waals surface area contributed by atoms with Gasteiger partial charge in [-0.25, -0.2) is 4.98 Å². The Balaban J connectivity index is 1.57. The van der Waals surface area contributed by atoms with E-state index in [9.17, 15) is 5.11 Å². The molecule has 174 valence electrons. The highest BCUT2D eigenvalue weighted by atomic mass is 32.2. The fraction of sp³-hybridized carbons (Fsp3) is 0.0690. The first-order valence-electron chi connectivity index (χ1n) is 11.1. The Labute approximate surface area is 208 Å². The summed E-state index contributed by atoms with van der Waals surface area (Å²) < 4.78 is 10.7. The zero-order chi connectivity index (χ0) is 24.2. The molecule has 0 atom stereocenters. The Morgan fingerprint density at radius 3 is 1.86 bits per heavy atom. The topological polar surface area (TPSA) is 67.4 Å². The second-order valence-corrected chi connectivity index (χ2v) is 8.99. The van der Waals surface area contributed by atoms with E-state index >= 15 is 0 Å². The van der Waals surface area contributed by atoms with Gasteiger partial charge in [0.05, 0.1) is 25.6 Å². The number of phenols is 1. The summed E-state index contributed by atoms with van der Waals surface area (Å²) in [5.41, 5.74) is 4.53. The molecule has 0 bridgehead atoms. The van der Waals surface area contributed by atoms with Gasteiger partial charge < -0.3 is 19.6 Å². The van der Waals surface area contributed by atoms with Crippen molar-refractivity contribution in [2.45, 2.75) is 9.79 Å². The van der Waals surface area contributed by atoms with Crippen molar-refractivity contribution in [3.63, 3.8) is 0 Å². The van der Waals surface area contributed by atoms with Crippen LogP contribution >= 0.6 is 11.8 Å². The van der Waals surface area contributed by atoms with Gasteiger partial charge in [0.15, 0.2) is 11.5 Å². The second-order valence-electron chi connectivity index (χ2n) is 7.84. The predicted molar refractivity (Wildman–Crippen MR) is 140 cm³/mol. The first-order valence-corrected chi connectivity index (χ1v) is 11.9. The molecular formula is C29H24N2O3S. The van der Waals surface area contributed by atoms with Crippen LogP contribution in [0.25, 0.3) is 33.9 Å². The number of H-pyrrole nitrogens is 1. The molecule has 35 heavy (non-hydrogen) atoms. The largest absolute Gasteiger partial charge is 0.502 e. The molecule has 0 aliphatic carbocycles. The van der Waals surface area contributed by atoms with Crippen molar-refractivity contribution in [1.29, 1.82) is 0 Å². The number of benzene rings is 4. The third kappa shape index (κ3) is 4.74. The normalized spacial score (nSPS) is 10.8. The van der Waals surface area contributed by atoms with Crippen LogP contribution in [0.3, 0.4) is 0 Å². The summed E-state index contributed by atoms with van der Waals surface area (Å²) >= 11 is 1.73. The minimum absolute atomic E-state index is 0.0414. The number of hydrogen-bond donors (Lipinski definition) is 2.